The van der Waals surface area contributed by atoms with Gasteiger partial charge in [-0.25, -0.2) is 14.6 Å². The number of halogens is 1. The van der Waals surface area contributed by atoms with Gasteiger partial charge in [-0.2, -0.15) is 4.98 Å². The van der Waals surface area contributed by atoms with Gasteiger partial charge < -0.3 is 15.0 Å². The molecule has 4 aromatic rings. The van der Waals surface area contributed by atoms with Gasteiger partial charge in [0.05, 0.1) is 17.9 Å². The van der Waals surface area contributed by atoms with Gasteiger partial charge in [0.2, 0.25) is 11.8 Å². The fourth-order valence-corrected chi connectivity index (χ4v) is 5.34. The number of rotatable bonds is 8. The maximum atomic E-state index is 12.8. The highest BCUT2D eigenvalue weighted by molar-refractivity contribution is 6.30. The monoisotopic (exact) mass is 573 g/mol. The fourth-order valence-electron chi connectivity index (χ4n) is 5.17. The number of imidazole rings is 1. The third-order valence-corrected chi connectivity index (χ3v) is 7.67. The van der Waals surface area contributed by atoms with E-state index in [9.17, 15) is 19.2 Å². The lowest BCUT2D eigenvalue weighted by atomic mass is 10.1. The Morgan fingerprint density at radius 3 is 2.73 bits per heavy atom. The van der Waals surface area contributed by atoms with Crippen molar-refractivity contribution in [3.63, 3.8) is 0 Å². The first-order valence-corrected chi connectivity index (χ1v) is 13.6. The van der Waals surface area contributed by atoms with Gasteiger partial charge in [-0.05, 0) is 48.9 Å². The van der Waals surface area contributed by atoms with Crippen LogP contribution in [0.3, 0.4) is 0 Å². The van der Waals surface area contributed by atoms with E-state index in [1.54, 1.807) is 24.4 Å². The molecular weight excluding hydrogens is 550 g/mol. The van der Waals surface area contributed by atoms with Gasteiger partial charge in [-0.1, -0.05) is 11.6 Å². The molecule has 13 nitrogen and oxygen atoms in total. The smallest absolute Gasteiger partial charge is 0.348 e. The van der Waals surface area contributed by atoms with Gasteiger partial charge in [0.15, 0.2) is 5.65 Å². The second-order valence-electron chi connectivity index (χ2n) is 10.5. The van der Waals surface area contributed by atoms with E-state index in [-0.39, 0.29) is 48.4 Å². The van der Waals surface area contributed by atoms with Crippen LogP contribution < -0.4 is 26.5 Å². The van der Waals surface area contributed by atoms with Crippen molar-refractivity contribution in [2.45, 2.75) is 37.6 Å². The summed E-state index contributed by atoms with van der Waals surface area (Å²) in [5.41, 5.74) is 2.96. The molecule has 4 amide bonds. The van der Waals surface area contributed by atoms with Crippen LogP contribution in [0.4, 0.5) is 22.1 Å². The molecule has 14 heteroatoms. The standard InChI is InChI=1S/C27H24ClN9O4/c28-15-3-4-29-19(6-15)17-7-18(17)25(39)32-22-8-21(33-26(40)34-22)30-9-16-11-36-10-14(13-1-2-13)5-20(24(36)31-16)37-12-23(38)35-27(37)41/h3-6,8,10-11,13,17-18H,1-2,7,9,12H2,(H,35,38,41)(H3,30,32,33,34,39,40)/t17-,18-/m0/s1. The topological polar surface area (TPSA) is 166 Å². The van der Waals surface area contributed by atoms with Gasteiger partial charge in [-0.15, -0.1) is 0 Å². The lowest BCUT2D eigenvalue weighted by molar-refractivity contribution is -0.118. The minimum atomic E-state index is -0.620. The van der Waals surface area contributed by atoms with E-state index in [0.717, 1.165) is 24.1 Å². The molecule has 3 aliphatic rings. The average molecular weight is 574 g/mol. The summed E-state index contributed by atoms with van der Waals surface area (Å²) in [6.45, 7) is 0.158. The fraction of sp³-hybridized carbons (Fsp3) is 0.296. The number of carbonyl (C=O) groups excluding carboxylic acids is 3. The number of hydrogen-bond donors (Lipinski definition) is 4. The molecule has 2 saturated carbocycles. The number of carbonyl (C=O) groups is 3. The summed E-state index contributed by atoms with van der Waals surface area (Å²) in [6.07, 6.45) is 8.23. The number of urea groups is 1. The summed E-state index contributed by atoms with van der Waals surface area (Å²) < 4.78 is 1.85. The Morgan fingerprint density at radius 2 is 1.98 bits per heavy atom. The highest BCUT2D eigenvalue weighted by Crippen LogP contribution is 2.47. The lowest BCUT2D eigenvalue weighted by Gasteiger charge is -2.15. The summed E-state index contributed by atoms with van der Waals surface area (Å²) in [7, 11) is 0. The first kappa shape index (κ1) is 25.2. The Kier molecular flexibility index (Phi) is 5.96. The van der Waals surface area contributed by atoms with Crippen LogP contribution in [0.1, 0.15) is 48.0 Å². The van der Waals surface area contributed by atoms with Crippen molar-refractivity contribution >= 4 is 52.4 Å². The number of amides is 4. The Balaban J connectivity index is 1.07. The molecule has 0 aromatic carbocycles. The zero-order valence-corrected chi connectivity index (χ0v) is 22.3. The molecule has 7 rings (SSSR count). The van der Waals surface area contributed by atoms with Crippen LogP contribution in [0.2, 0.25) is 5.02 Å². The summed E-state index contributed by atoms with van der Waals surface area (Å²) in [5.74, 6) is 0.0183. The zero-order chi connectivity index (χ0) is 28.2. The number of fused-ring (bicyclic) bond motifs is 1. The van der Waals surface area contributed by atoms with Gasteiger partial charge in [0.25, 0.3) is 0 Å². The summed E-state index contributed by atoms with van der Waals surface area (Å²) >= 11 is 6.05. The number of H-pyrrole nitrogens is 1. The van der Waals surface area contributed by atoms with E-state index in [1.165, 1.54) is 4.90 Å². The van der Waals surface area contributed by atoms with E-state index >= 15 is 0 Å². The van der Waals surface area contributed by atoms with Crippen LogP contribution in [0.5, 0.6) is 0 Å². The molecule has 3 fully saturated rings. The summed E-state index contributed by atoms with van der Waals surface area (Å²) in [5, 5.41) is 8.73. The molecule has 208 valence electrons. The van der Waals surface area contributed by atoms with E-state index in [1.807, 2.05) is 22.9 Å². The van der Waals surface area contributed by atoms with Crippen molar-refractivity contribution < 1.29 is 14.4 Å². The molecular formula is C27H24ClN9O4. The molecule has 41 heavy (non-hydrogen) atoms. The van der Waals surface area contributed by atoms with Gasteiger partial charge in [-0.3, -0.25) is 29.8 Å². The van der Waals surface area contributed by atoms with Crippen molar-refractivity contribution in [2.24, 2.45) is 5.92 Å². The minimum absolute atomic E-state index is 0.0232. The van der Waals surface area contributed by atoms with Crippen molar-refractivity contribution in [3.8, 4) is 0 Å². The van der Waals surface area contributed by atoms with E-state index in [2.05, 4.69) is 35.9 Å². The van der Waals surface area contributed by atoms with Crippen LogP contribution >= 0.6 is 11.6 Å². The van der Waals surface area contributed by atoms with Crippen molar-refractivity contribution in [3.05, 3.63) is 75.3 Å². The predicted molar refractivity (Wildman–Crippen MR) is 149 cm³/mol. The maximum Gasteiger partial charge on any atom is 0.348 e. The number of aromatic amines is 1. The molecule has 2 aliphatic carbocycles. The molecule has 4 N–H and O–H groups in total. The highest BCUT2D eigenvalue weighted by Gasteiger charge is 2.45. The van der Waals surface area contributed by atoms with Crippen LogP contribution in [-0.4, -0.2) is 48.7 Å². The van der Waals surface area contributed by atoms with Gasteiger partial charge in [0.1, 0.15) is 18.2 Å². The van der Waals surface area contributed by atoms with E-state index in [0.29, 0.717) is 34.4 Å². The lowest BCUT2D eigenvalue weighted by Crippen LogP contribution is -2.28. The van der Waals surface area contributed by atoms with Crippen molar-refractivity contribution in [1.82, 2.24) is 29.7 Å². The van der Waals surface area contributed by atoms with Crippen molar-refractivity contribution in [1.29, 1.82) is 0 Å². The molecule has 4 aromatic heterocycles. The predicted octanol–water partition coefficient (Wildman–Crippen LogP) is 2.75. The molecule has 1 saturated heterocycles. The Bertz CT molecular complexity index is 1800. The van der Waals surface area contributed by atoms with Gasteiger partial charge in [0, 0.05) is 47.2 Å². The number of nitrogens with one attached hydrogen (secondary N) is 4. The summed E-state index contributed by atoms with van der Waals surface area (Å²) in [6, 6.07) is 6.43. The van der Waals surface area contributed by atoms with Crippen LogP contribution in [0.25, 0.3) is 5.65 Å². The number of anilines is 3. The average Bonchev–Trinajstić information content (AvgIpc) is 3.85. The summed E-state index contributed by atoms with van der Waals surface area (Å²) in [4.78, 5) is 66.2. The Morgan fingerprint density at radius 1 is 1.12 bits per heavy atom. The third-order valence-electron chi connectivity index (χ3n) is 7.44. The largest absolute Gasteiger partial charge is 0.364 e. The highest BCUT2D eigenvalue weighted by atomic mass is 35.5. The number of imide groups is 1. The van der Waals surface area contributed by atoms with E-state index < -0.39 is 11.7 Å². The first-order valence-electron chi connectivity index (χ1n) is 13.2. The van der Waals surface area contributed by atoms with Crippen LogP contribution in [-0.2, 0) is 16.1 Å². The Hall–Kier alpha value is -4.78. The minimum Gasteiger partial charge on any atom is -0.364 e. The normalized spacial score (nSPS) is 19.9. The first-order chi connectivity index (χ1) is 19.8. The van der Waals surface area contributed by atoms with Gasteiger partial charge >= 0.3 is 11.7 Å². The second-order valence-corrected chi connectivity index (χ2v) is 10.9. The molecule has 2 atom stereocenters. The van der Waals surface area contributed by atoms with Crippen molar-refractivity contribution in [2.75, 3.05) is 22.1 Å². The number of nitrogens with zero attached hydrogens (tertiary/aromatic N) is 5. The van der Waals surface area contributed by atoms with Crippen LogP contribution in [0, 0.1) is 5.92 Å². The molecule has 0 radical (unpaired) electrons. The molecule has 0 spiro atoms. The second kappa shape index (κ2) is 9.70. The number of hydrogen-bond acceptors (Lipinski definition) is 8. The Labute approximate surface area is 237 Å². The molecule has 5 heterocycles. The zero-order valence-electron chi connectivity index (χ0n) is 21.6. The number of aromatic nitrogens is 5. The number of pyridine rings is 2. The molecule has 0 bridgehead atoms. The molecule has 1 aliphatic heterocycles. The quantitative estimate of drug-likeness (QED) is 0.233. The maximum absolute atomic E-state index is 12.8. The molecule has 0 unspecified atom stereocenters. The van der Waals surface area contributed by atoms with Crippen LogP contribution in [0.15, 0.2) is 47.7 Å². The SMILES string of the molecule is O=C1CN(c2cc(C3CC3)cn3cc(CNc4cc(NC(=O)[C@H]5C[C@@H]5c5cc(Cl)ccn5)[nH]c(=O)n4)nc23)C(=O)N1. The third kappa shape index (κ3) is 5.11. The van der Waals surface area contributed by atoms with E-state index in [4.69, 9.17) is 11.6 Å².